The van der Waals surface area contributed by atoms with E-state index in [4.69, 9.17) is 4.74 Å². The molecule has 3 heterocycles. The number of aliphatic hydroxyl groups is 1. The molecule has 2 aliphatic rings. The van der Waals surface area contributed by atoms with Gasteiger partial charge in [0.2, 0.25) is 0 Å². The van der Waals surface area contributed by atoms with E-state index in [1.807, 2.05) is 6.92 Å². The molecule has 0 saturated carbocycles. The number of anilines is 1. The predicted molar refractivity (Wildman–Crippen MR) is 133 cm³/mol. The van der Waals surface area contributed by atoms with Crippen molar-refractivity contribution in [3.63, 3.8) is 0 Å². The lowest BCUT2D eigenvalue weighted by Gasteiger charge is -2.46. The Bertz CT molecular complexity index is 1120. The van der Waals surface area contributed by atoms with Gasteiger partial charge in [-0.3, -0.25) is 4.90 Å². The Morgan fingerprint density at radius 2 is 1.81 bits per heavy atom. The molecule has 12 heteroatoms. The average molecular weight is 548 g/mol. The van der Waals surface area contributed by atoms with Crippen molar-refractivity contribution in [3.8, 4) is 0 Å². The molecule has 1 N–H and O–H groups in total. The molecular formula is C24H32F3N3O4S2. The number of piperazine rings is 1. The maximum atomic E-state index is 13.3. The first kappa shape index (κ1) is 27.3. The second kappa shape index (κ2) is 10.2. The molecule has 2 fully saturated rings. The summed E-state index contributed by atoms with van der Waals surface area (Å²) in [5.74, 6) is 0. The Balaban J connectivity index is 1.61. The molecule has 0 spiro atoms. The van der Waals surface area contributed by atoms with E-state index in [1.54, 1.807) is 29.6 Å². The topological polar surface area (TPSA) is 73.3 Å². The Hall–Kier alpha value is -1.70. The third kappa shape index (κ3) is 5.44. The number of halogens is 3. The van der Waals surface area contributed by atoms with Crippen LogP contribution >= 0.6 is 11.3 Å². The standard InChI is InChI=1S/C24H32F3N3O4S2/c1-17-16-34-18(2)13-28(17)14-21-15-29(36(32,33)22-5-4-12-35-22)10-11-30(21)20-8-6-19(7-9-20)23(3,31)24(25,26)27/h4-9,12,17-18,21,31H,10-11,13-16H2,1-3H3/t17-,18-,21?,23?/m1/s1. The molecule has 0 aliphatic carbocycles. The number of benzene rings is 1. The third-order valence-electron chi connectivity index (χ3n) is 7.03. The normalized spacial score (nSPS) is 26.6. The maximum Gasteiger partial charge on any atom is 0.421 e. The summed E-state index contributed by atoms with van der Waals surface area (Å²) in [4.78, 5) is 4.33. The highest BCUT2D eigenvalue weighted by molar-refractivity contribution is 7.91. The van der Waals surface area contributed by atoms with Gasteiger partial charge in [-0.2, -0.15) is 17.5 Å². The van der Waals surface area contributed by atoms with Gasteiger partial charge in [0.15, 0.2) is 5.60 Å². The molecule has 4 atom stereocenters. The van der Waals surface area contributed by atoms with Gasteiger partial charge in [-0.05, 0) is 49.9 Å². The summed E-state index contributed by atoms with van der Waals surface area (Å²) < 4.78 is 73.9. The molecule has 0 radical (unpaired) electrons. The molecular weight excluding hydrogens is 515 g/mol. The number of hydrogen-bond donors (Lipinski definition) is 1. The van der Waals surface area contributed by atoms with Crippen molar-refractivity contribution in [2.24, 2.45) is 0 Å². The smallest absolute Gasteiger partial charge is 0.376 e. The summed E-state index contributed by atoms with van der Waals surface area (Å²) >= 11 is 1.18. The zero-order valence-corrected chi connectivity index (χ0v) is 22.1. The second-order valence-corrected chi connectivity index (χ2v) is 12.8. The minimum absolute atomic E-state index is 0.0491. The van der Waals surface area contributed by atoms with Gasteiger partial charge < -0.3 is 14.7 Å². The number of alkyl halides is 3. The fourth-order valence-electron chi connectivity index (χ4n) is 4.72. The van der Waals surface area contributed by atoms with E-state index in [2.05, 4.69) is 16.7 Å². The van der Waals surface area contributed by atoms with E-state index < -0.39 is 21.8 Å². The highest BCUT2D eigenvalue weighted by Crippen LogP contribution is 2.39. The zero-order valence-electron chi connectivity index (χ0n) is 20.5. The Kier molecular flexibility index (Phi) is 7.76. The van der Waals surface area contributed by atoms with Crippen LogP contribution < -0.4 is 4.90 Å². The summed E-state index contributed by atoms with van der Waals surface area (Å²) in [6.45, 7) is 7.55. The van der Waals surface area contributed by atoms with Gasteiger partial charge in [0.1, 0.15) is 4.21 Å². The van der Waals surface area contributed by atoms with E-state index in [9.17, 15) is 26.7 Å². The van der Waals surface area contributed by atoms with Crippen LogP contribution in [-0.4, -0.2) is 86.4 Å². The number of thiophene rings is 1. The van der Waals surface area contributed by atoms with Crippen LogP contribution in [0.5, 0.6) is 0 Å². The molecule has 1 aromatic heterocycles. The van der Waals surface area contributed by atoms with Crippen molar-refractivity contribution in [1.29, 1.82) is 0 Å². The first-order valence-electron chi connectivity index (χ1n) is 11.9. The van der Waals surface area contributed by atoms with Gasteiger partial charge in [0, 0.05) is 44.5 Å². The van der Waals surface area contributed by atoms with E-state index in [0.29, 0.717) is 36.1 Å². The number of ether oxygens (including phenoxy) is 1. The van der Waals surface area contributed by atoms with Crippen molar-refractivity contribution < 1.29 is 31.4 Å². The molecule has 0 bridgehead atoms. The fourth-order valence-corrected chi connectivity index (χ4v) is 7.33. The summed E-state index contributed by atoms with van der Waals surface area (Å²) in [5.41, 5.74) is -2.52. The van der Waals surface area contributed by atoms with Gasteiger partial charge in [-0.15, -0.1) is 11.3 Å². The maximum absolute atomic E-state index is 13.3. The minimum Gasteiger partial charge on any atom is -0.376 e. The number of rotatable bonds is 6. The monoisotopic (exact) mass is 547 g/mol. The number of sulfonamides is 1. The van der Waals surface area contributed by atoms with Crippen LogP contribution in [0, 0.1) is 0 Å². The van der Waals surface area contributed by atoms with Crippen LogP contribution in [-0.2, 0) is 20.4 Å². The summed E-state index contributed by atoms with van der Waals surface area (Å²) in [7, 11) is -3.64. The SMILES string of the molecule is C[C@@H]1CN(CC2CN(S(=O)(=O)c3cccs3)CCN2c2ccc(C(C)(O)C(F)(F)F)cc2)[C@H](C)CO1. The van der Waals surface area contributed by atoms with Crippen molar-refractivity contribution >= 4 is 27.0 Å². The highest BCUT2D eigenvalue weighted by Gasteiger charge is 2.51. The Morgan fingerprint density at radius 1 is 1.11 bits per heavy atom. The summed E-state index contributed by atoms with van der Waals surface area (Å²) in [6.07, 6.45) is -4.75. The first-order valence-corrected chi connectivity index (χ1v) is 14.2. The van der Waals surface area contributed by atoms with E-state index in [0.717, 1.165) is 6.92 Å². The third-order valence-corrected chi connectivity index (χ3v) is 10.3. The van der Waals surface area contributed by atoms with Crippen molar-refractivity contribution in [2.45, 2.75) is 54.9 Å². The lowest BCUT2D eigenvalue weighted by molar-refractivity contribution is -0.258. The number of nitrogens with zero attached hydrogens (tertiary/aromatic N) is 3. The summed E-state index contributed by atoms with van der Waals surface area (Å²) in [6, 6.07) is 8.93. The molecule has 200 valence electrons. The lowest BCUT2D eigenvalue weighted by atomic mass is 9.95. The second-order valence-electron chi connectivity index (χ2n) is 9.71. The Labute approximate surface area is 214 Å². The van der Waals surface area contributed by atoms with Crippen LogP contribution in [0.2, 0.25) is 0 Å². The lowest BCUT2D eigenvalue weighted by Crippen LogP contribution is -2.60. The van der Waals surface area contributed by atoms with Crippen LogP contribution in [0.4, 0.5) is 18.9 Å². The number of hydrogen-bond acceptors (Lipinski definition) is 7. The Morgan fingerprint density at radius 3 is 2.42 bits per heavy atom. The molecule has 1 aromatic carbocycles. The quantitative estimate of drug-likeness (QED) is 0.597. The largest absolute Gasteiger partial charge is 0.421 e. The van der Waals surface area contributed by atoms with Crippen LogP contribution in [0.25, 0.3) is 0 Å². The average Bonchev–Trinajstić information content (AvgIpc) is 3.37. The van der Waals surface area contributed by atoms with Crippen molar-refractivity contribution in [3.05, 3.63) is 47.3 Å². The fraction of sp³-hybridized carbons (Fsp3) is 0.583. The van der Waals surface area contributed by atoms with Gasteiger partial charge in [-0.25, -0.2) is 8.42 Å². The predicted octanol–water partition coefficient (Wildman–Crippen LogP) is 3.51. The zero-order chi connectivity index (χ0) is 26.3. The van der Waals surface area contributed by atoms with Gasteiger partial charge in [0.05, 0.1) is 18.8 Å². The molecule has 2 aromatic rings. The first-order chi connectivity index (χ1) is 16.8. The van der Waals surface area contributed by atoms with Crippen molar-refractivity contribution in [2.75, 3.05) is 44.2 Å². The highest BCUT2D eigenvalue weighted by atomic mass is 32.2. The van der Waals surface area contributed by atoms with Gasteiger partial charge >= 0.3 is 6.18 Å². The van der Waals surface area contributed by atoms with E-state index >= 15 is 0 Å². The molecule has 2 saturated heterocycles. The molecule has 0 amide bonds. The van der Waals surface area contributed by atoms with Crippen LogP contribution in [0.3, 0.4) is 0 Å². The van der Waals surface area contributed by atoms with E-state index in [1.165, 1.54) is 27.8 Å². The minimum atomic E-state index is -4.80. The van der Waals surface area contributed by atoms with E-state index in [-0.39, 0.29) is 36.8 Å². The number of morpholine rings is 1. The molecule has 4 rings (SSSR count). The van der Waals surface area contributed by atoms with Crippen molar-refractivity contribution in [1.82, 2.24) is 9.21 Å². The molecule has 2 aliphatic heterocycles. The molecule has 7 nitrogen and oxygen atoms in total. The molecule has 36 heavy (non-hydrogen) atoms. The van der Waals surface area contributed by atoms with Gasteiger partial charge in [-0.1, -0.05) is 18.2 Å². The van der Waals surface area contributed by atoms with Crippen LogP contribution in [0.15, 0.2) is 46.0 Å². The van der Waals surface area contributed by atoms with Gasteiger partial charge in [0.25, 0.3) is 10.0 Å². The van der Waals surface area contributed by atoms with Crippen LogP contribution in [0.1, 0.15) is 26.3 Å². The summed E-state index contributed by atoms with van der Waals surface area (Å²) in [5, 5.41) is 11.8. The molecule has 2 unspecified atom stereocenters.